The van der Waals surface area contributed by atoms with E-state index in [0.29, 0.717) is 23.9 Å². The lowest BCUT2D eigenvalue weighted by Gasteiger charge is -2.30. The lowest BCUT2D eigenvalue weighted by Crippen LogP contribution is -2.45. The van der Waals surface area contributed by atoms with Crippen LogP contribution >= 0.6 is 23.4 Å². The van der Waals surface area contributed by atoms with Crippen LogP contribution in [0.25, 0.3) is 0 Å². The molecule has 1 amide bonds. The third kappa shape index (κ3) is 6.90. The molecule has 3 aromatic carbocycles. The van der Waals surface area contributed by atoms with Gasteiger partial charge in [-0.2, -0.15) is 0 Å². The van der Waals surface area contributed by atoms with Crippen molar-refractivity contribution in [2.45, 2.75) is 43.1 Å². The zero-order valence-corrected chi connectivity index (χ0v) is 23.5. The smallest absolute Gasteiger partial charge is 0.303 e. The Kier molecular flexibility index (Phi) is 9.72. The Labute approximate surface area is 233 Å². The number of thioether (sulfide) groups is 1. The highest BCUT2D eigenvalue weighted by Gasteiger charge is 2.41. The van der Waals surface area contributed by atoms with Gasteiger partial charge in [0.2, 0.25) is 0 Å². The number of amides is 1. The molecule has 0 aliphatic carbocycles. The predicted octanol–water partition coefficient (Wildman–Crippen LogP) is 6.37. The average molecular weight is 553 g/mol. The Morgan fingerprint density at radius 1 is 1.05 bits per heavy atom. The summed E-state index contributed by atoms with van der Waals surface area (Å²) in [5, 5.41) is 0.135. The van der Waals surface area contributed by atoms with E-state index >= 15 is 0 Å². The summed E-state index contributed by atoms with van der Waals surface area (Å²) >= 11 is 7.88. The fourth-order valence-corrected chi connectivity index (χ4v) is 6.23. The zero-order chi connectivity index (χ0) is 27.1. The van der Waals surface area contributed by atoms with Crippen LogP contribution in [0.4, 0.5) is 5.69 Å². The summed E-state index contributed by atoms with van der Waals surface area (Å²) in [4.78, 5) is 31.3. The number of esters is 1. The van der Waals surface area contributed by atoms with Gasteiger partial charge in [-0.1, -0.05) is 61.0 Å². The van der Waals surface area contributed by atoms with E-state index in [1.54, 1.807) is 18.1 Å². The van der Waals surface area contributed by atoms with Gasteiger partial charge < -0.3 is 14.4 Å². The lowest BCUT2D eigenvalue weighted by atomic mass is 10.1. The molecule has 6 nitrogen and oxygen atoms in total. The van der Waals surface area contributed by atoms with E-state index in [9.17, 15) is 9.59 Å². The number of methoxy groups -OCH3 is 1. The summed E-state index contributed by atoms with van der Waals surface area (Å²) in [5.74, 6) is -0.0314. The molecule has 38 heavy (non-hydrogen) atoms. The molecule has 0 unspecified atom stereocenters. The minimum absolute atomic E-state index is 0.245. The van der Waals surface area contributed by atoms with E-state index in [-0.39, 0.29) is 5.91 Å². The summed E-state index contributed by atoms with van der Waals surface area (Å²) < 4.78 is 11.0. The molecular formula is C30H33ClN2O4S. The number of hydrogen-bond acceptors (Lipinski definition) is 6. The van der Waals surface area contributed by atoms with E-state index in [4.69, 9.17) is 21.1 Å². The van der Waals surface area contributed by atoms with Crippen molar-refractivity contribution in [3.63, 3.8) is 0 Å². The monoisotopic (exact) mass is 552 g/mol. The number of carbonyl (C=O) groups is 2. The van der Waals surface area contributed by atoms with Gasteiger partial charge in [-0.05, 0) is 54.4 Å². The second-order valence-corrected chi connectivity index (χ2v) is 10.8. The lowest BCUT2D eigenvalue weighted by molar-refractivity contribution is -0.152. The summed E-state index contributed by atoms with van der Waals surface area (Å²) in [5.41, 5.74) is 2.86. The van der Waals surface area contributed by atoms with Crippen molar-refractivity contribution in [1.29, 1.82) is 0 Å². The maximum absolute atomic E-state index is 14.1. The number of hydrogen-bond donors (Lipinski definition) is 0. The molecule has 8 heteroatoms. The highest BCUT2D eigenvalue weighted by Crippen LogP contribution is 2.47. The van der Waals surface area contributed by atoms with Crippen LogP contribution in [-0.4, -0.2) is 49.6 Å². The topological polar surface area (TPSA) is 59.1 Å². The second kappa shape index (κ2) is 13.2. The molecule has 0 fully saturated rings. The van der Waals surface area contributed by atoms with Crippen LogP contribution in [0.15, 0.2) is 77.7 Å². The Morgan fingerprint density at radius 2 is 1.79 bits per heavy atom. The Balaban J connectivity index is 1.67. The van der Waals surface area contributed by atoms with Crippen molar-refractivity contribution in [2.75, 3.05) is 31.6 Å². The van der Waals surface area contributed by atoms with Gasteiger partial charge in [-0.15, -0.1) is 11.8 Å². The number of halogens is 1. The van der Waals surface area contributed by atoms with Crippen molar-refractivity contribution < 1.29 is 19.1 Å². The number of rotatable bonds is 10. The third-order valence-corrected chi connectivity index (χ3v) is 8.01. The average Bonchev–Trinajstić information content (AvgIpc) is 3.02. The van der Waals surface area contributed by atoms with Crippen LogP contribution in [0, 0.1) is 0 Å². The van der Waals surface area contributed by atoms with Crippen LogP contribution in [0.3, 0.4) is 0 Å². The number of benzene rings is 3. The zero-order valence-electron chi connectivity index (χ0n) is 21.9. The van der Waals surface area contributed by atoms with Gasteiger partial charge in [0.05, 0.1) is 18.0 Å². The summed E-state index contributed by atoms with van der Waals surface area (Å²) in [6.45, 7) is 6.31. The summed E-state index contributed by atoms with van der Waals surface area (Å²) in [6.07, 6.45) is 0.00384. The molecule has 1 heterocycles. The largest absolute Gasteiger partial charge is 0.497 e. The van der Waals surface area contributed by atoms with Gasteiger partial charge in [-0.3, -0.25) is 14.5 Å². The predicted molar refractivity (Wildman–Crippen MR) is 153 cm³/mol. The Morgan fingerprint density at radius 3 is 2.45 bits per heavy atom. The van der Waals surface area contributed by atoms with E-state index in [1.165, 1.54) is 24.2 Å². The van der Waals surface area contributed by atoms with Gasteiger partial charge in [0, 0.05) is 36.5 Å². The first-order valence-corrected chi connectivity index (χ1v) is 14.0. The molecule has 1 aliphatic rings. The first-order valence-electron chi connectivity index (χ1n) is 12.7. The van der Waals surface area contributed by atoms with Gasteiger partial charge in [0.1, 0.15) is 5.75 Å². The number of nitrogens with zero attached hydrogens (tertiary/aromatic N) is 2. The fourth-order valence-electron chi connectivity index (χ4n) is 4.63. The standard InChI is InChI=1S/C30H33ClN2O4S/c1-4-16-32(20-22-8-6-5-7-9-22)17-18-33-26-15-12-24(31)19-27(26)38-29(28(30(33)35)37-21(2)34)23-10-13-25(36-3)14-11-23/h5-15,19,28-29H,4,16-18,20H2,1-3H3/t28-,29+/m0/s1. The fraction of sp³-hybridized carbons (Fsp3) is 0.333. The molecule has 2 atom stereocenters. The highest BCUT2D eigenvalue weighted by molar-refractivity contribution is 7.99. The maximum atomic E-state index is 14.1. The second-order valence-electron chi connectivity index (χ2n) is 9.21. The van der Waals surface area contributed by atoms with Crippen LogP contribution in [0.5, 0.6) is 5.75 Å². The van der Waals surface area contributed by atoms with Crippen molar-refractivity contribution in [3.8, 4) is 5.75 Å². The highest BCUT2D eigenvalue weighted by atomic mass is 35.5. The van der Waals surface area contributed by atoms with Crippen LogP contribution in [0.2, 0.25) is 5.02 Å². The van der Waals surface area contributed by atoms with Crippen molar-refractivity contribution >= 4 is 40.9 Å². The van der Waals surface area contributed by atoms with Crippen LogP contribution < -0.4 is 9.64 Å². The Bertz CT molecular complexity index is 1240. The molecular weight excluding hydrogens is 520 g/mol. The third-order valence-electron chi connectivity index (χ3n) is 6.42. The molecule has 0 N–H and O–H groups in total. The molecule has 0 saturated carbocycles. The molecule has 0 radical (unpaired) electrons. The van der Waals surface area contributed by atoms with Gasteiger partial charge in [0.15, 0.2) is 6.10 Å². The van der Waals surface area contributed by atoms with Crippen LogP contribution in [0.1, 0.15) is 36.6 Å². The molecule has 4 rings (SSSR count). The van der Waals surface area contributed by atoms with E-state index in [1.807, 2.05) is 54.6 Å². The summed E-state index contributed by atoms with van der Waals surface area (Å²) in [7, 11) is 1.61. The maximum Gasteiger partial charge on any atom is 0.303 e. The Hall–Kier alpha value is -3.00. The first kappa shape index (κ1) is 28.0. The van der Waals surface area contributed by atoms with Gasteiger partial charge in [0.25, 0.3) is 5.91 Å². The van der Waals surface area contributed by atoms with Crippen molar-refractivity contribution in [3.05, 3.63) is 88.9 Å². The van der Waals surface area contributed by atoms with E-state index < -0.39 is 17.3 Å². The number of carbonyl (C=O) groups excluding carboxylic acids is 2. The normalized spacial score (nSPS) is 17.2. The molecule has 0 spiro atoms. The van der Waals surface area contributed by atoms with Crippen LogP contribution in [-0.2, 0) is 20.9 Å². The SMILES string of the molecule is CCCN(CCN1C(=O)[C@@H](OC(C)=O)[C@@H](c2ccc(OC)cc2)Sc2cc(Cl)ccc21)Cc1ccccc1. The van der Waals surface area contributed by atoms with E-state index in [0.717, 1.165) is 35.7 Å². The molecule has 200 valence electrons. The number of anilines is 1. The van der Waals surface area contributed by atoms with Crippen molar-refractivity contribution in [1.82, 2.24) is 4.90 Å². The molecule has 1 aliphatic heterocycles. The quantitative estimate of drug-likeness (QED) is 0.272. The van der Waals surface area contributed by atoms with E-state index in [2.05, 4.69) is 24.0 Å². The minimum atomic E-state index is -0.995. The van der Waals surface area contributed by atoms with Gasteiger partial charge >= 0.3 is 5.97 Å². The molecule has 0 aromatic heterocycles. The molecule has 0 saturated heterocycles. The number of fused-ring (bicyclic) bond motifs is 1. The minimum Gasteiger partial charge on any atom is -0.497 e. The summed E-state index contributed by atoms with van der Waals surface area (Å²) in [6, 6.07) is 23.4. The molecule has 0 bridgehead atoms. The number of ether oxygens (including phenoxy) is 2. The molecule has 3 aromatic rings. The first-order chi connectivity index (χ1) is 18.4. The van der Waals surface area contributed by atoms with Crippen molar-refractivity contribution in [2.24, 2.45) is 0 Å². The van der Waals surface area contributed by atoms with Gasteiger partial charge in [-0.25, -0.2) is 0 Å².